The highest BCUT2D eigenvalue weighted by Gasteiger charge is 2.26. The molecule has 3 aliphatic rings. The molecule has 0 bridgehead atoms. The van der Waals surface area contributed by atoms with Gasteiger partial charge < -0.3 is 34.1 Å². The maximum absolute atomic E-state index is 13.9. The number of carbonyl (C=O) groups is 2. The molecule has 0 spiro atoms. The van der Waals surface area contributed by atoms with Gasteiger partial charge in [0.25, 0.3) is 5.56 Å². The number of amides is 2. The van der Waals surface area contributed by atoms with Crippen LogP contribution in [0.25, 0.3) is 10.9 Å². The van der Waals surface area contributed by atoms with Crippen molar-refractivity contribution in [2.75, 3.05) is 50.0 Å². The Morgan fingerprint density at radius 3 is 2.33 bits per heavy atom. The lowest BCUT2D eigenvalue weighted by Crippen LogP contribution is -2.49. The number of thioether (sulfide) groups is 1. The number of hydrogen-bond acceptors (Lipinski definition) is 10. The van der Waals surface area contributed by atoms with E-state index in [1.54, 1.807) is 30.3 Å². The molecular weight excluding hydrogens is 610 g/mol. The largest absolute Gasteiger partial charge is 0.454 e. The van der Waals surface area contributed by atoms with Gasteiger partial charge in [-0.25, -0.2) is 4.98 Å². The van der Waals surface area contributed by atoms with Gasteiger partial charge in [0.05, 0.1) is 16.2 Å². The Kier molecular flexibility index (Phi) is 8.31. The summed E-state index contributed by atoms with van der Waals surface area (Å²) in [5.41, 5.74) is 1.84. The van der Waals surface area contributed by atoms with E-state index in [0.717, 1.165) is 18.8 Å². The maximum atomic E-state index is 13.9. The van der Waals surface area contributed by atoms with E-state index in [1.807, 2.05) is 30.0 Å². The topological polar surface area (TPSA) is 124 Å². The van der Waals surface area contributed by atoms with Crippen molar-refractivity contribution in [1.29, 1.82) is 0 Å². The molecule has 13 heteroatoms. The molecule has 1 aromatic heterocycles. The van der Waals surface area contributed by atoms with Crippen LogP contribution in [0.5, 0.6) is 23.0 Å². The van der Waals surface area contributed by atoms with Gasteiger partial charge in [0.2, 0.25) is 25.4 Å². The molecule has 12 nitrogen and oxygen atoms in total. The highest BCUT2D eigenvalue weighted by Crippen LogP contribution is 2.37. The highest BCUT2D eigenvalue weighted by molar-refractivity contribution is 8.00. The normalized spacial score (nSPS) is 15.7. The Labute approximate surface area is 269 Å². The average molecular weight is 644 g/mol. The number of benzene rings is 3. The number of nitrogens with one attached hydrogen (secondary N) is 1. The molecule has 4 heterocycles. The second kappa shape index (κ2) is 12.8. The van der Waals surface area contributed by atoms with Gasteiger partial charge in [0.1, 0.15) is 0 Å². The van der Waals surface area contributed by atoms with Crippen LogP contribution in [-0.4, -0.2) is 71.3 Å². The van der Waals surface area contributed by atoms with Crippen molar-refractivity contribution in [2.24, 2.45) is 0 Å². The molecule has 46 heavy (non-hydrogen) atoms. The first-order valence-corrected chi connectivity index (χ1v) is 16.1. The van der Waals surface area contributed by atoms with Gasteiger partial charge >= 0.3 is 0 Å². The molecule has 1 unspecified atom stereocenters. The minimum absolute atomic E-state index is 0.0334. The molecule has 1 N–H and O–H groups in total. The Bertz CT molecular complexity index is 1840. The molecule has 238 valence electrons. The van der Waals surface area contributed by atoms with Crippen molar-refractivity contribution in [3.05, 3.63) is 71.0 Å². The monoisotopic (exact) mass is 643 g/mol. The van der Waals surface area contributed by atoms with Crippen LogP contribution in [0.3, 0.4) is 0 Å². The van der Waals surface area contributed by atoms with Gasteiger partial charge in [-0.2, -0.15) is 0 Å². The third kappa shape index (κ3) is 6.02. The number of hydrogen-bond donors (Lipinski definition) is 1. The lowest BCUT2D eigenvalue weighted by molar-refractivity contribution is -0.131. The molecule has 3 aliphatic heterocycles. The van der Waals surface area contributed by atoms with Crippen LogP contribution in [-0.2, 0) is 16.1 Å². The fourth-order valence-electron chi connectivity index (χ4n) is 5.74. The minimum atomic E-state index is -0.572. The van der Waals surface area contributed by atoms with Crippen molar-refractivity contribution in [3.8, 4) is 23.0 Å². The molecule has 1 atom stereocenters. The number of carbonyl (C=O) groups excluding carboxylic acids is 2. The molecular formula is C33H33N5O7S. The Morgan fingerprint density at radius 2 is 1.59 bits per heavy atom. The predicted molar refractivity (Wildman–Crippen MR) is 173 cm³/mol. The van der Waals surface area contributed by atoms with Crippen molar-refractivity contribution in [3.63, 3.8) is 0 Å². The number of anilines is 2. The van der Waals surface area contributed by atoms with Crippen LogP contribution in [0.1, 0.15) is 19.8 Å². The van der Waals surface area contributed by atoms with Crippen molar-refractivity contribution in [2.45, 2.75) is 36.7 Å². The Hall–Kier alpha value is -4.91. The molecule has 0 saturated carbocycles. The minimum Gasteiger partial charge on any atom is -0.454 e. The third-order valence-corrected chi connectivity index (χ3v) is 9.62. The predicted octanol–water partition coefficient (Wildman–Crippen LogP) is 4.10. The molecule has 0 radical (unpaired) electrons. The number of fused-ring (bicyclic) bond motifs is 3. The number of nitrogens with zero attached hydrogens (tertiary/aromatic N) is 4. The summed E-state index contributed by atoms with van der Waals surface area (Å²) < 4.78 is 23.3. The fraction of sp³-hybridized carbons (Fsp3) is 0.333. The maximum Gasteiger partial charge on any atom is 0.262 e. The van der Waals surface area contributed by atoms with E-state index in [4.69, 9.17) is 23.9 Å². The third-order valence-electron chi connectivity index (χ3n) is 8.27. The number of para-hydroxylation sites is 1. The Morgan fingerprint density at radius 1 is 0.891 bits per heavy atom. The second-order valence-electron chi connectivity index (χ2n) is 11.1. The summed E-state index contributed by atoms with van der Waals surface area (Å²) in [6.45, 7) is 4.89. The van der Waals surface area contributed by atoms with Crippen molar-refractivity contribution >= 4 is 45.9 Å². The van der Waals surface area contributed by atoms with Crippen LogP contribution in [0.4, 0.5) is 11.4 Å². The van der Waals surface area contributed by atoms with Crippen LogP contribution < -0.4 is 34.7 Å². The first kappa shape index (κ1) is 29.8. The second-order valence-corrected chi connectivity index (χ2v) is 12.3. The summed E-state index contributed by atoms with van der Waals surface area (Å²) in [4.78, 5) is 49.7. The average Bonchev–Trinajstić information content (AvgIpc) is 3.75. The zero-order chi connectivity index (χ0) is 31.6. The van der Waals surface area contributed by atoms with Crippen LogP contribution in [0.15, 0.2) is 70.6 Å². The molecule has 1 saturated heterocycles. The van der Waals surface area contributed by atoms with Crippen LogP contribution in [0.2, 0.25) is 0 Å². The lowest BCUT2D eigenvalue weighted by atomic mass is 10.2. The number of aromatic nitrogens is 2. The van der Waals surface area contributed by atoms with Gasteiger partial charge in [-0.05, 0) is 36.8 Å². The van der Waals surface area contributed by atoms with Crippen LogP contribution in [0, 0.1) is 0 Å². The van der Waals surface area contributed by atoms with Crippen LogP contribution >= 0.6 is 11.8 Å². The molecule has 7 rings (SSSR count). The molecule has 2 amide bonds. The number of ether oxygens (including phenoxy) is 4. The fourth-order valence-corrected chi connectivity index (χ4v) is 6.78. The number of piperazine rings is 1. The van der Waals surface area contributed by atoms with E-state index in [-0.39, 0.29) is 43.9 Å². The lowest BCUT2D eigenvalue weighted by Gasteiger charge is -2.36. The van der Waals surface area contributed by atoms with Gasteiger partial charge in [0, 0.05) is 62.7 Å². The molecule has 0 aliphatic carbocycles. The first-order chi connectivity index (χ1) is 22.5. The van der Waals surface area contributed by atoms with E-state index in [1.165, 1.54) is 16.3 Å². The van der Waals surface area contributed by atoms with Gasteiger partial charge in [-0.15, -0.1) is 0 Å². The van der Waals surface area contributed by atoms with E-state index in [0.29, 0.717) is 64.3 Å². The SMILES string of the molecule is CCC(Sc1nc2cc3c(cc2c(=O)n1CCC(=O)N1CCN(c2ccccc2)CC1)OCO3)C(=O)Nc1ccc2c(c1)OCO2. The zero-order valence-electron chi connectivity index (χ0n) is 25.3. The number of rotatable bonds is 9. The van der Waals surface area contributed by atoms with Gasteiger partial charge in [-0.3, -0.25) is 19.0 Å². The summed E-state index contributed by atoms with van der Waals surface area (Å²) in [5.74, 6) is 1.88. The zero-order valence-corrected chi connectivity index (χ0v) is 26.1. The summed E-state index contributed by atoms with van der Waals surface area (Å²) in [7, 11) is 0. The highest BCUT2D eigenvalue weighted by atomic mass is 32.2. The van der Waals surface area contributed by atoms with E-state index in [9.17, 15) is 14.4 Å². The standard InChI is InChI=1S/C33H33N5O7S/c1-2-29(31(40)34-21-8-9-25-26(16-21)43-19-42-25)46-33-35-24-18-28-27(44-20-45-28)17-23(24)32(41)38(33)11-10-30(39)37-14-12-36(13-15-37)22-6-4-3-5-7-22/h3-9,16-18,29H,2,10-15,19-20H2,1H3,(H,34,40). The summed E-state index contributed by atoms with van der Waals surface area (Å²) >= 11 is 1.20. The summed E-state index contributed by atoms with van der Waals surface area (Å²) in [5, 5.41) is 3.08. The van der Waals surface area contributed by atoms with Gasteiger partial charge in [-0.1, -0.05) is 36.9 Å². The summed E-state index contributed by atoms with van der Waals surface area (Å²) in [6, 6.07) is 18.7. The first-order valence-electron chi connectivity index (χ1n) is 15.3. The van der Waals surface area contributed by atoms with E-state index in [2.05, 4.69) is 22.3 Å². The van der Waals surface area contributed by atoms with E-state index < -0.39 is 5.25 Å². The molecule has 1 fully saturated rings. The van der Waals surface area contributed by atoms with Crippen molar-refractivity contribution in [1.82, 2.24) is 14.5 Å². The van der Waals surface area contributed by atoms with Gasteiger partial charge in [0.15, 0.2) is 28.2 Å². The summed E-state index contributed by atoms with van der Waals surface area (Å²) in [6.07, 6.45) is 0.595. The Balaban J connectivity index is 1.10. The molecule has 3 aromatic carbocycles. The smallest absolute Gasteiger partial charge is 0.262 e. The van der Waals surface area contributed by atoms with Crippen molar-refractivity contribution < 1.29 is 28.5 Å². The quantitative estimate of drug-likeness (QED) is 0.211. The molecule has 4 aromatic rings. The van der Waals surface area contributed by atoms with E-state index >= 15 is 0 Å².